The molecule has 0 aliphatic heterocycles. The summed E-state index contributed by atoms with van der Waals surface area (Å²) in [4.78, 5) is 0. The van der Waals surface area contributed by atoms with Gasteiger partial charge in [-0.1, -0.05) is 158 Å². The molecule has 0 spiro atoms. The van der Waals surface area contributed by atoms with Crippen LogP contribution in [0, 0.1) is 22.7 Å². The second-order valence-corrected chi connectivity index (χ2v) is 19.1. The Morgan fingerprint density at radius 1 is 0.257 bits per heavy atom. The van der Waals surface area contributed by atoms with Crippen molar-refractivity contribution in [2.75, 3.05) is 0 Å². The van der Waals surface area contributed by atoms with Gasteiger partial charge in [-0.25, -0.2) is 0 Å². The van der Waals surface area contributed by atoms with Gasteiger partial charge < -0.3 is 18.3 Å². The fourth-order valence-electron chi connectivity index (χ4n) is 12.2. The predicted molar refractivity (Wildman–Crippen MR) is 304 cm³/mol. The van der Waals surface area contributed by atoms with Crippen LogP contribution in [-0.4, -0.2) is 18.3 Å². The van der Waals surface area contributed by atoms with E-state index in [-0.39, 0.29) is 0 Å². The molecule has 0 aliphatic rings. The number of rotatable bonds is 6. The van der Waals surface area contributed by atoms with Crippen LogP contribution in [-0.2, 0) is 0 Å². The molecule has 15 rings (SSSR count). The minimum Gasteiger partial charge on any atom is -0.309 e. The Morgan fingerprint density at radius 3 is 1.00 bits per heavy atom. The maximum atomic E-state index is 11.3. The van der Waals surface area contributed by atoms with Crippen molar-refractivity contribution >= 4 is 87.2 Å². The highest BCUT2D eigenvalue weighted by Gasteiger charge is 2.24. The van der Waals surface area contributed by atoms with Gasteiger partial charge in [0.2, 0.25) is 0 Å². The van der Waals surface area contributed by atoms with Crippen molar-refractivity contribution in [2.45, 2.75) is 0 Å². The number of hydrogen-bond donors (Lipinski definition) is 0. The van der Waals surface area contributed by atoms with Crippen molar-refractivity contribution in [3.8, 4) is 57.1 Å². The number of nitrogens with zero attached hydrogens (tertiary/aromatic N) is 6. The number of benzene rings is 11. The van der Waals surface area contributed by atoms with E-state index in [2.05, 4.69) is 249 Å². The Kier molecular flexibility index (Phi) is 8.99. The molecule has 0 fully saturated rings. The van der Waals surface area contributed by atoms with Gasteiger partial charge in [-0.15, -0.1) is 0 Å². The number of para-hydroxylation sites is 6. The van der Waals surface area contributed by atoms with Crippen molar-refractivity contribution in [3.05, 3.63) is 254 Å². The third-order valence-electron chi connectivity index (χ3n) is 15.2. The first-order valence-electron chi connectivity index (χ1n) is 24.9. The van der Waals surface area contributed by atoms with E-state index >= 15 is 0 Å². The zero-order chi connectivity index (χ0) is 49.0. The van der Waals surface area contributed by atoms with Crippen molar-refractivity contribution in [2.24, 2.45) is 0 Å². The van der Waals surface area contributed by atoms with Crippen LogP contribution in [0.3, 0.4) is 0 Å². The highest BCUT2D eigenvalue weighted by atomic mass is 15.0. The molecule has 0 bridgehead atoms. The molecule has 0 atom stereocenters. The van der Waals surface area contributed by atoms with Gasteiger partial charge in [0.15, 0.2) is 0 Å². The van der Waals surface area contributed by atoms with Crippen LogP contribution in [0.25, 0.3) is 132 Å². The van der Waals surface area contributed by atoms with Crippen LogP contribution in [0.5, 0.6) is 0 Å². The topological polar surface area (TPSA) is 67.3 Å². The van der Waals surface area contributed by atoms with Crippen LogP contribution in [0.1, 0.15) is 11.1 Å². The molecule has 0 radical (unpaired) electrons. The van der Waals surface area contributed by atoms with E-state index in [0.29, 0.717) is 22.5 Å². The SMILES string of the molecule is N#Cc1cc(-n2c3ccccc3c3c(-c4ccc5c6ccccc6n(-c6ccccc6)c5c4)cccc32)c(C#N)cc1-n1c2ccccc2c2c(-c3ccc4c5ccccc5n(-c5ccccc5)c4c3)cccc21. The first-order chi connectivity index (χ1) is 36.7. The maximum absolute atomic E-state index is 11.3. The van der Waals surface area contributed by atoms with E-state index in [9.17, 15) is 10.5 Å². The van der Waals surface area contributed by atoms with Gasteiger partial charge in [0.1, 0.15) is 12.1 Å². The summed E-state index contributed by atoms with van der Waals surface area (Å²) in [5.41, 5.74) is 17.1. The van der Waals surface area contributed by atoms with Crippen LogP contribution in [0.4, 0.5) is 0 Å². The van der Waals surface area contributed by atoms with Gasteiger partial charge >= 0.3 is 0 Å². The Morgan fingerprint density at radius 2 is 0.595 bits per heavy atom. The van der Waals surface area contributed by atoms with Gasteiger partial charge in [-0.05, 0) is 107 Å². The number of fused-ring (bicyclic) bond motifs is 12. The number of aromatic nitrogens is 4. The Hall–Kier alpha value is -10.4. The molecule has 15 aromatic rings. The molecule has 4 aromatic heterocycles. The molecular formula is C68H40N6. The van der Waals surface area contributed by atoms with E-state index in [1.807, 2.05) is 24.3 Å². The lowest BCUT2D eigenvalue weighted by Crippen LogP contribution is -2.04. The molecule has 4 heterocycles. The molecule has 0 N–H and O–H groups in total. The smallest absolute Gasteiger partial charge is 0.101 e. The van der Waals surface area contributed by atoms with Gasteiger partial charge in [-0.3, -0.25) is 0 Å². The summed E-state index contributed by atoms with van der Waals surface area (Å²) in [6, 6.07) is 90.5. The lowest BCUT2D eigenvalue weighted by molar-refractivity contribution is 1.12. The van der Waals surface area contributed by atoms with Gasteiger partial charge in [0, 0.05) is 54.5 Å². The Labute approximate surface area is 424 Å². The fraction of sp³-hybridized carbons (Fsp3) is 0. The minimum atomic E-state index is 0.460. The summed E-state index contributed by atoms with van der Waals surface area (Å²) >= 11 is 0. The molecule has 0 amide bonds. The largest absolute Gasteiger partial charge is 0.309 e. The summed E-state index contributed by atoms with van der Waals surface area (Å²) in [6.45, 7) is 0. The molecule has 6 nitrogen and oxygen atoms in total. The van der Waals surface area contributed by atoms with Crippen molar-refractivity contribution < 1.29 is 0 Å². The average Bonchev–Trinajstić information content (AvgIpc) is 4.21. The van der Waals surface area contributed by atoms with Crippen LogP contribution in [0.2, 0.25) is 0 Å². The van der Waals surface area contributed by atoms with Crippen LogP contribution in [0.15, 0.2) is 243 Å². The molecule has 0 saturated carbocycles. The molecule has 0 unspecified atom stereocenters. The Bertz CT molecular complexity index is 4600. The molecule has 0 aliphatic carbocycles. The lowest BCUT2D eigenvalue weighted by atomic mass is 9.98. The summed E-state index contributed by atoms with van der Waals surface area (Å²) < 4.78 is 9.05. The van der Waals surface area contributed by atoms with Crippen LogP contribution >= 0.6 is 0 Å². The highest BCUT2D eigenvalue weighted by molar-refractivity contribution is 6.19. The summed E-state index contributed by atoms with van der Waals surface area (Å²) in [7, 11) is 0. The van der Waals surface area contributed by atoms with E-state index in [4.69, 9.17) is 0 Å². The van der Waals surface area contributed by atoms with Crippen molar-refractivity contribution in [3.63, 3.8) is 0 Å². The van der Waals surface area contributed by atoms with E-state index in [1.54, 1.807) is 0 Å². The van der Waals surface area contributed by atoms with Gasteiger partial charge in [0.25, 0.3) is 0 Å². The third kappa shape index (κ3) is 5.91. The summed E-state index contributed by atoms with van der Waals surface area (Å²) in [5.74, 6) is 0. The second-order valence-electron chi connectivity index (χ2n) is 19.1. The quantitative estimate of drug-likeness (QED) is 0.167. The third-order valence-corrected chi connectivity index (χ3v) is 15.2. The van der Waals surface area contributed by atoms with E-state index < -0.39 is 0 Å². The number of nitriles is 2. The summed E-state index contributed by atoms with van der Waals surface area (Å²) in [5, 5.41) is 31.6. The van der Waals surface area contributed by atoms with E-state index in [0.717, 1.165) is 99.3 Å². The molecular weight excluding hydrogens is 901 g/mol. The first-order valence-corrected chi connectivity index (χ1v) is 24.9. The predicted octanol–water partition coefficient (Wildman–Crippen LogP) is 17.2. The second kappa shape index (κ2) is 16.1. The van der Waals surface area contributed by atoms with Crippen molar-refractivity contribution in [1.29, 1.82) is 10.5 Å². The average molecular weight is 941 g/mol. The van der Waals surface area contributed by atoms with Crippen LogP contribution < -0.4 is 0 Å². The minimum absolute atomic E-state index is 0.460. The lowest BCUT2D eigenvalue weighted by Gasteiger charge is -2.16. The maximum Gasteiger partial charge on any atom is 0.101 e. The molecule has 6 heteroatoms. The first kappa shape index (κ1) is 41.4. The number of hydrogen-bond acceptors (Lipinski definition) is 2. The van der Waals surface area contributed by atoms with E-state index in [1.165, 1.54) is 21.5 Å². The summed E-state index contributed by atoms with van der Waals surface area (Å²) in [6.07, 6.45) is 0. The zero-order valence-electron chi connectivity index (χ0n) is 39.8. The normalized spacial score (nSPS) is 11.8. The fourth-order valence-corrected chi connectivity index (χ4v) is 12.2. The Balaban J connectivity index is 0.923. The molecule has 11 aromatic carbocycles. The highest BCUT2D eigenvalue weighted by Crippen LogP contribution is 2.45. The molecule has 74 heavy (non-hydrogen) atoms. The molecule has 0 saturated heterocycles. The van der Waals surface area contributed by atoms with Gasteiger partial charge in [0.05, 0.1) is 66.6 Å². The standard InChI is InChI=1S/C68H40N6/c69-41-45-40-64(74-60-30-14-10-24-56(60)68-50(26-16-32-62(68)74)44-34-36-54-52-22-8-12-28-58(52)72(66(54)38-44)48-19-5-2-6-20-48)46(42-70)39-63(45)73-59-29-13-9-23-55(59)67-49(25-15-31-61(67)73)43-33-35-53-51-21-7-11-27-57(51)71(65(53)37-43)47-17-3-1-4-18-47/h1-40H. The van der Waals surface area contributed by atoms with Crippen molar-refractivity contribution in [1.82, 2.24) is 18.3 Å². The molecule has 342 valence electrons. The monoisotopic (exact) mass is 940 g/mol. The zero-order valence-corrected chi connectivity index (χ0v) is 39.8. The van der Waals surface area contributed by atoms with Gasteiger partial charge in [-0.2, -0.15) is 10.5 Å².